The number of rotatable bonds is 7. The monoisotopic (exact) mass is 473 g/mol. The fourth-order valence-corrected chi connectivity index (χ4v) is 5.49. The molecule has 7 heteroatoms. The zero-order valence-corrected chi connectivity index (χ0v) is 20.1. The highest BCUT2D eigenvalue weighted by Crippen LogP contribution is 2.45. The van der Waals surface area contributed by atoms with E-state index >= 15 is 0 Å². The quantitative estimate of drug-likeness (QED) is 0.471. The Labute approximate surface area is 203 Å². The molecule has 2 heterocycles. The lowest BCUT2D eigenvalue weighted by Gasteiger charge is -2.31. The van der Waals surface area contributed by atoms with Gasteiger partial charge < -0.3 is 4.90 Å². The van der Waals surface area contributed by atoms with E-state index in [9.17, 15) is 14.4 Å². The van der Waals surface area contributed by atoms with E-state index in [1.165, 1.54) is 16.2 Å². The van der Waals surface area contributed by atoms with Crippen LogP contribution < -0.4 is 0 Å². The zero-order chi connectivity index (χ0) is 23.9. The van der Waals surface area contributed by atoms with Gasteiger partial charge in [0.1, 0.15) is 5.01 Å². The Bertz CT molecular complexity index is 1210. The first kappa shape index (κ1) is 22.5. The van der Waals surface area contributed by atoms with Crippen molar-refractivity contribution in [1.82, 2.24) is 14.8 Å². The lowest BCUT2D eigenvalue weighted by molar-refractivity contribution is -0.143. The second-order valence-electron chi connectivity index (χ2n) is 9.23. The average molecular weight is 474 g/mol. The fourth-order valence-electron chi connectivity index (χ4n) is 4.75. The van der Waals surface area contributed by atoms with Gasteiger partial charge in [0.15, 0.2) is 0 Å². The highest BCUT2D eigenvalue weighted by molar-refractivity contribution is 7.09. The minimum Gasteiger partial charge on any atom is -0.337 e. The van der Waals surface area contributed by atoms with Crippen LogP contribution >= 0.6 is 11.3 Å². The Morgan fingerprint density at radius 2 is 1.79 bits per heavy atom. The van der Waals surface area contributed by atoms with Crippen LogP contribution in [0.1, 0.15) is 49.2 Å². The maximum absolute atomic E-state index is 13.8. The minimum atomic E-state index is -1.18. The summed E-state index contributed by atoms with van der Waals surface area (Å²) in [6, 6.07) is 17.5. The third-order valence-corrected chi connectivity index (χ3v) is 7.99. The molecule has 1 aromatic heterocycles. The van der Waals surface area contributed by atoms with E-state index in [1.54, 1.807) is 18.1 Å². The molecule has 1 aliphatic heterocycles. The van der Waals surface area contributed by atoms with Gasteiger partial charge in [-0.15, -0.1) is 11.3 Å². The molecule has 0 radical (unpaired) electrons. The number of amides is 3. The lowest BCUT2D eigenvalue weighted by Crippen LogP contribution is -2.43. The summed E-state index contributed by atoms with van der Waals surface area (Å²) in [5.41, 5.74) is 1.64. The number of hydrogen-bond acceptors (Lipinski definition) is 5. The number of carbonyl (C=O) groups excluding carboxylic acids is 3. The molecule has 3 aromatic rings. The van der Waals surface area contributed by atoms with Gasteiger partial charge in [-0.05, 0) is 36.5 Å². The van der Waals surface area contributed by atoms with E-state index < -0.39 is 5.41 Å². The summed E-state index contributed by atoms with van der Waals surface area (Å²) in [6.07, 6.45) is 3.39. The second kappa shape index (κ2) is 8.80. The smallest absolute Gasteiger partial charge is 0.241 e. The van der Waals surface area contributed by atoms with Gasteiger partial charge in [-0.2, -0.15) is 0 Å². The first-order chi connectivity index (χ1) is 16.4. The Morgan fingerprint density at radius 3 is 2.41 bits per heavy atom. The van der Waals surface area contributed by atoms with Crippen LogP contribution in [0.3, 0.4) is 0 Å². The van der Waals surface area contributed by atoms with Gasteiger partial charge in [0.05, 0.1) is 11.5 Å². The summed E-state index contributed by atoms with van der Waals surface area (Å²) in [5, 5.41) is 2.72. The van der Waals surface area contributed by atoms with Crippen molar-refractivity contribution < 1.29 is 14.4 Å². The molecule has 5 rings (SSSR count). The van der Waals surface area contributed by atoms with Crippen molar-refractivity contribution in [2.75, 3.05) is 7.05 Å². The van der Waals surface area contributed by atoms with Gasteiger partial charge in [0.2, 0.25) is 17.7 Å². The number of nitrogens with zero attached hydrogens (tertiary/aromatic N) is 3. The molecule has 1 saturated heterocycles. The van der Waals surface area contributed by atoms with Crippen LogP contribution in [0.25, 0.3) is 11.1 Å². The predicted molar refractivity (Wildman–Crippen MR) is 131 cm³/mol. The largest absolute Gasteiger partial charge is 0.337 e. The van der Waals surface area contributed by atoms with Gasteiger partial charge in [-0.1, -0.05) is 54.6 Å². The summed E-state index contributed by atoms with van der Waals surface area (Å²) in [7, 11) is 1.74. The molecule has 1 aliphatic carbocycles. The molecule has 3 amide bonds. The Hall–Kier alpha value is -3.32. The number of hydrogen-bond donors (Lipinski definition) is 0. The van der Waals surface area contributed by atoms with Gasteiger partial charge in [0, 0.05) is 37.5 Å². The van der Waals surface area contributed by atoms with Gasteiger partial charge in [-0.25, -0.2) is 4.98 Å². The molecule has 2 unspecified atom stereocenters. The van der Waals surface area contributed by atoms with E-state index in [1.807, 2.05) is 66.9 Å². The maximum Gasteiger partial charge on any atom is 0.241 e. The Morgan fingerprint density at radius 1 is 1.12 bits per heavy atom. The zero-order valence-electron chi connectivity index (χ0n) is 19.3. The van der Waals surface area contributed by atoms with Crippen molar-refractivity contribution >= 4 is 29.1 Å². The molecule has 1 saturated carbocycles. The van der Waals surface area contributed by atoms with E-state index in [4.69, 9.17) is 0 Å². The van der Waals surface area contributed by atoms with Crippen LogP contribution in [-0.4, -0.2) is 45.6 Å². The molecule has 0 spiro atoms. The van der Waals surface area contributed by atoms with Crippen LogP contribution in [-0.2, 0) is 19.8 Å². The molecule has 6 nitrogen and oxygen atoms in total. The van der Waals surface area contributed by atoms with Crippen molar-refractivity contribution in [2.45, 2.75) is 50.1 Å². The third-order valence-electron chi connectivity index (χ3n) is 7.04. The number of carbonyl (C=O) groups is 3. The van der Waals surface area contributed by atoms with Crippen LogP contribution in [0.4, 0.5) is 0 Å². The number of likely N-dealkylation sites (tertiary alicyclic amines) is 1. The van der Waals surface area contributed by atoms with Crippen molar-refractivity contribution in [3.63, 3.8) is 0 Å². The fraction of sp³-hybridized carbons (Fsp3) is 0.333. The van der Waals surface area contributed by atoms with Gasteiger partial charge in [-0.3, -0.25) is 19.3 Å². The van der Waals surface area contributed by atoms with Gasteiger partial charge in [0.25, 0.3) is 0 Å². The summed E-state index contributed by atoms with van der Waals surface area (Å²) in [4.78, 5) is 47.6. The molecule has 2 fully saturated rings. The molecule has 2 aliphatic rings. The van der Waals surface area contributed by atoms with E-state index in [2.05, 4.69) is 4.98 Å². The Kier molecular flexibility index (Phi) is 5.81. The topological polar surface area (TPSA) is 70.6 Å². The third kappa shape index (κ3) is 3.94. The van der Waals surface area contributed by atoms with Crippen LogP contribution in [0.5, 0.6) is 0 Å². The highest BCUT2D eigenvalue weighted by Gasteiger charge is 2.57. The van der Waals surface area contributed by atoms with Crippen molar-refractivity contribution in [1.29, 1.82) is 0 Å². The van der Waals surface area contributed by atoms with E-state index in [-0.39, 0.29) is 42.6 Å². The number of aromatic nitrogens is 1. The highest BCUT2D eigenvalue weighted by atomic mass is 32.1. The SMILES string of the molecule is CC(c1nccs1)N(C)C(=O)CC1(c2ccc(-c3ccccc3)cc2)CC(=O)N(C2CC2)C1=O. The summed E-state index contributed by atoms with van der Waals surface area (Å²) < 4.78 is 0. The van der Waals surface area contributed by atoms with Crippen molar-refractivity contribution in [3.05, 3.63) is 76.7 Å². The standard InChI is InChI=1S/C27H27N3O3S/c1-18(25-28-14-15-34-25)29(2)23(31)16-27(17-24(32)30(26(27)33)22-12-13-22)21-10-8-20(9-11-21)19-6-4-3-5-7-19/h3-11,14-15,18,22H,12-13,16-17H2,1-2H3. The minimum absolute atomic E-state index is 0.0208. The number of benzene rings is 2. The van der Waals surface area contributed by atoms with E-state index in [0.29, 0.717) is 0 Å². The van der Waals surface area contributed by atoms with Crippen molar-refractivity contribution in [2.24, 2.45) is 0 Å². The number of imide groups is 1. The summed E-state index contributed by atoms with van der Waals surface area (Å²) in [5.74, 6) is -0.590. The molecule has 174 valence electrons. The summed E-state index contributed by atoms with van der Waals surface area (Å²) >= 11 is 1.49. The van der Waals surface area contributed by atoms with Crippen LogP contribution in [0, 0.1) is 0 Å². The van der Waals surface area contributed by atoms with Crippen LogP contribution in [0.15, 0.2) is 66.2 Å². The first-order valence-corrected chi connectivity index (χ1v) is 12.5. The predicted octanol–water partition coefficient (Wildman–Crippen LogP) is 4.58. The summed E-state index contributed by atoms with van der Waals surface area (Å²) in [6.45, 7) is 1.93. The Balaban J connectivity index is 1.48. The molecule has 34 heavy (non-hydrogen) atoms. The molecule has 0 bridgehead atoms. The molecule has 2 aromatic carbocycles. The van der Waals surface area contributed by atoms with Crippen molar-refractivity contribution in [3.8, 4) is 11.1 Å². The average Bonchev–Trinajstić information content (AvgIpc) is 3.46. The normalized spacial score (nSPS) is 21.1. The molecule has 2 atom stereocenters. The van der Waals surface area contributed by atoms with Gasteiger partial charge >= 0.3 is 0 Å². The second-order valence-corrected chi connectivity index (χ2v) is 10.2. The number of thiazole rings is 1. The molecular weight excluding hydrogens is 446 g/mol. The van der Waals surface area contributed by atoms with E-state index in [0.717, 1.165) is 34.5 Å². The maximum atomic E-state index is 13.8. The molecular formula is C27H27N3O3S. The first-order valence-electron chi connectivity index (χ1n) is 11.6. The lowest BCUT2D eigenvalue weighted by atomic mass is 9.75. The molecule has 0 N–H and O–H groups in total. The van der Waals surface area contributed by atoms with Crippen LogP contribution in [0.2, 0.25) is 0 Å².